The number of nitrogens with one attached hydrogen (secondary N) is 1. The highest BCUT2D eigenvalue weighted by Gasteiger charge is 2.30. The summed E-state index contributed by atoms with van der Waals surface area (Å²) in [5.41, 5.74) is -0.534. The van der Waals surface area contributed by atoms with E-state index in [1.165, 1.54) is 12.3 Å². The van der Waals surface area contributed by atoms with E-state index in [-0.39, 0.29) is 12.3 Å². The van der Waals surface area contributed by atoms with Gasteiger partial charge in [-0.25, -0.2) is 13.1 Å². The van der Waals surface area contributed by atoms with Gasteiger partial charge in [-0.1, -0.05) is 24.4 Å². The highest BCUT2D eigenvalue weighted by Crippen LogP contribution is 2.27. The molecule has 0 unspecified atom stereocenters. The van der Waals surface area contributed by atoms with Gasteiger partial charge in [0.1, 0.15) is 12.0 Å². The normalized spacial score (nSPS) is 19.8. The Morgan fingerprint density at radius 1 is 1.39 bits per heavy atom. The quantitative estimate of drug-likeness (QED) is 0.828. The van der Waals surface area contributed by atoms with Gasteiger partial charge in [0.25, 0.3) is 0 Å². The van der Waals surface area contributed by atoms with Crippen LogP contribution in [-0.2, 0) is 15.8 Å². The fraction of sp³-hybridized carbons (Fsp3) is 0.727. The topological polar surface area (TPSA) is 92.4 Å². The summed E-state index contributed by atoms with van der Waals surface area (Å²) in [4.78, 5) is 0. The second-order valence-corrected chi connectivity index (χ2v) is 6.66. The van der Waals surface area contributed by atoms with E-state index in [0.29, 0.717) is 18.5 Å². The zero-order chi connectivity index (χ0) is 13.1. The number of aromatic nitrogens is 1. The van der Waals surface area contributed by atoms with Crippen LogP contribution in [-0.4, -0.2) is 30.8 Å². The van der Waals surface area contributed by atoms with Crippen molar-refractivity contribution in [1.29, 1.82) is 0 Å². The number of sulfonamides is 1. The van der Waals surface area contributed by atoms with Crippen molar-refractivity contribution in [3.8, 4) is 0 Å². The lowest BCUT2D eigenvalue weighted by atomic mass is 9.85. The maximum atomic E-state index is 11.8. The molecule has 1 fully saturated rings. The zero-order valence-electron chi connectivity index (χ0n) is 10.1. The number of nitrogens with zero attached hydrogens (tertiary/aromatic N) is 1. The van der Waals surface area contributed by atoms with Gasteiger partial charge in [-0.15, -0.1) is 0 Å². The SMILES string of the molecule is O=S(=O)(Cc1ccon1)NCC1(O)CCCCC1. The van der Waals surface area contributed by atoms with E-state index in [1.54, 1.807) is 0 Å². The molecular formula is C11H18N2O4S. The Morgan fingerprint density at radius 3 is 2.72 bits per heavy atom. The van der Waals surface area contributed by atoms with Crippen LogP contribution >= 0.6 is 0 Å². The van der Waals surface area contributed by atoms with Gasteiger partial charge in [0.15, 0.2) is 0 Å². The number of hydrogen-bond donors (Lipinski definition) is 2. The van der Waals surface area contributed by atoms with Crippen LogP contribution in [0.3, 0.4) is 0 Å². The zero-order valence-corrected chi connectivity index (χ0v) is 10.9. The summed E-state index contributed by atoms with van der Waals surface area (Å²) < 4.78 is 30.6. The monoisotopic (exact) mass is 274 g/mol. The summed E-state index contributed by atoms with van der Waals surface area (Å²) in [6.45, 7) is 0.0766. The molecule has 1 aromatic heterocycles. The first-order valence-electron chi connectivity index (χ1n) is 6.08. The van der Waals surface area contributed by atoms with Crippen LogP contribution in [0.1, 0.15) is 37.8 Å². The van der Waals surface area contributed by atoms with E-state index < -0.39 is 15.6 Å². The van der Waals surface area contributed by atoms with Crippen LogP contribution < -0.4 is 4.72 Å². The molecule has 102 valence electrons. The molecule has 1 aliphatic rings. The van der Waals surface area contributed by atoms with E-state index in [1.807, 2.05) is 0 Å². The molecule has 2 rings (SSSR count). The van der Waals surface area contributed by atoms with Gasteiger partial charge in [-0.05, 0) is 12.8 Å². The average molecular weight is 274 g/mol. The Balaban J connectivity index is 1.88. The molecule has 6 nitrogen and oxygen atoms in total. The van der Waals surface area contributed by atoms with Gasteiger partial charge in [-0.2, -0.15) is 0 Å². The molecular weight excluding hydrogens is 256 g/mol. The molecule has 2 N–H and O–H groups in total. The second-order valence-electron chi connectivity index (χ2n) is 4.86. The summed E-state index contributed by atoms with van der Waals surface area (Å²) >= 11 is 0. The standard InChI is InChI=1S/C11H18N2O4S/c14-11(5-2-1-3-6-11)9-12-18(15,16)8-10-4-7-17-13-10/h4,7,12,14H,1-3,5-6,8-9H2. The van der Waals surface area contributed by atoms with Crippen molar-refractivity contribution >= 4 is 10.0 Å². The van der Waals surface area contributed by atoms with E-state index in [4.69, 9.17) is 0 Å². The van der Waals surface area contributed by atoms with E-state index in [9.17, 15) is 13.5 Å². The maximum absolute atomic E-state index is 11.8. The highest BCUT2D eigenvalue weighted by molar-refractivity contribution is 7.88. The van der Waals surface area contributed by atoms with Crippen LogP contribution in [0.2, 0.25) is 0 Å². The predicted octanol–water partition coefficient (Wildman–Crippen LogP) is 0.789. The molecule has 1 aromatic rings. The van der Waals surface area contributed by atoms with Crippen LogP contribution in [0.4, 0.5) is 0 Å². The molecule has 0 aromatic carbocycles. The third-order valence-corrected chi connectivity index (χ3v) is 4.49. The van der Waals surface area contributed by atoms with Crippen molar-refractivity contribution in [3.05, 3.63) is 18.0 Å². The lowest BCUT2D eigenvalue weighted by molar-refractivity contribution is 0.00944. The minimum atomic E-state index is -3.47. The Kier molecular flexibility index (Phi) is 4.04. The molecule has 0 amide bonds. The number of rotatable bonds is 5. The number of aliphatic hydroxyl groups is 1. The minimum absolute atomic E-state index is 0.0766. The molecule has 0 saturated heterocycles. The third-order valence-electron chi connectivity index (χ3n) is 3.23. The first kappa shape index (κ1) is 13.5. The van der Waals surface area contributed by atoms with Gasteiger partial charge in [-0.3, -0.25) is 0 Å². The summed E-state index contributed by atoms with van der Waals surface area (Å²) in [6.07, 6.45) is 5.63. The molecule has 1 aliphatic carbocycles. The average Bonchev–Trinajstić information content (AvgIpc) is 2.80. The third kappa shape index (κ3) is 3.79. The Hall–Kier alpha value is -0.920. The first-order valence-corrected chi connectivity index (χ1v) is 7.73. The molecule has 0 bridgehead atoms. The lowest BCUT2D eigenvalue weighted by Gasteiger charge is -2.31. The summed E-state index contributed by atoms with van der Waals surface area (Å²) in [6, 6.07) is 1.51. The van der Waals surface area contributed by atoms with Crippen LogP contribution in [0, 0.1) is 0 Å². The van der Waals surface area contributed by atoms with E-state index in [2.05, 4.69) is 14.4 Å². The molecule has 0 atom stereocenters. The Labute approximate surface area is 106 Å². The van der Waals surface area contributed by atoms with Crippen molar-refractivity contribution in [1.82, 2.24) is 9.88 Å². The molecule has 7 heteroatoms. The van der Waals surface area contributed by atoms with Crippen molar-refractivity contribution in [2.45, 2.75) is 43.5 Å². The molecule has 0 aliphatic heterocycles. The molecule has 1 heterocycles. The predicted molar refractivity (Wildman–Crippen MR) is 65.2 cm³/mol. The van der Waals surface area contributed by atoms with Gasteiger partial charge in [0.2, 0.25) is 10.0 Å². The van der Waals surface area contributed by atoms with Crippen LogP contribution in [0.5, 0.6) is 0 Å². The van der Waals surface area contributed by atoms with E-state index >= 15 is 0 Å². The van der Waals surface area contributed by atoms with Crippen LogP contribution in [0.15, 0.2) is 16.9 Å². The van der Waals surface area contributed by atoms with E-state index in [0.717, 1.165) is 19.3 Å². The fourth-order valence-corrected chi connectivity index (χ4v) is 3.32. The Bertz CT molecular complexity index is 463. The van der Waals surface area contributed by atoms with Gasteiger partial charge >= 0.3 is 0 Å². The fourth-order valence-electron chi connectivity index (χ4n) is 2.19. The summed E-state index contributed by atoms with van der Waals surface area (Å²) in [5.74, 6) is -0.223. The first-order chi connectivity index (χ1) is 8.49. The maximum Gasteiger partial charge on any atom is 0.217 e. The van der Waals surface area contributed by atoms with Crippen molar-refractivity contribution in [2.24, 2.45) is 0 Å². The summed E-state index contributed by atoms with van der Waals surface area (Å²) in [7, 11) is -3.47. The lowest BCUT2D eigenvalue weighted by Crippen LogP contribution is -2.44. The van der Waals surface area contributed by atoms with Gasteiger partial charge < -0.3 is 9.63 Å². The molecule has 0 spiro atoms. The highest BCUT2D eigenvalue weighted by atomic mass is 32.2. The summed E-state index contributed by atoms with van der Waals surface area (Å²) in [5, 5.41) is 13.8. The molecule has 0 radical (unpaired) electrons. The van der Waals surface area contributed by atoms with Crippen molar-refractivity contribution < 1.29 is 18.0 Å². The second kappa shape index (κ2) is 5.38. The molecule has 1 saturated carbocycles. The minimum Gasteiger partial charge on any atom is -0.389 e. The smallest absolute Gasteiger partial charge is 0.217 e. The van der Waals surface area contributed by atoms with Crippen molar-refractivity contribution in [3.63, 3.8) is 0 Å². The van der Waals surface area contributed by atoms with Gasteiger partial charge in [0.05, 0.1) is 11.3 Å². The number of hydrogen-bond acceptors (Lipinski definition) is 5. The Morgan fingerprint density at radius 2 is 2.11 bits per heavy atom. The van der Waals surface area contributed by atoms with Gasteiger partial charge in [0, 0.05) is 12.6 Å². The largest absolute Gasteiger partial charge is 0.389 e. The van der Waals surface area contributed by atoms with Crippen molar-refractivity contribution in [2.75, 3.05) is 6.54 Å². The molecule has 18 heavy (non-hydrogen) atoms. The van der Waals surface area contributed by atoms with Crippen LogP contribution in [0.25, 0.3) is 0 Å².